The molecule has 4 heteroatoms. The van der Waals surface area contributed by atoms with Crippen molar-refractivity contribution in [3.63, 3.8) is 0 Å². The third-order valence-electron chi connectivity index (χ3n) is 3.56. The van der Waals surface area contributed by atoms with Crippen molar-refractivity contribution in [1.29, 1.82) is 0 Å². The Hall–Kier alpha value is -0.580. The molecule has 0 saturated heterocycles. The van der Waals surface area contributed by atoms with Gasteiger partial charge in [0.15, 0.2) is 0 Å². The molecule has 3 nitrogen and oxygen atoms in total. The molecule has 1 aromatic carbocycles. The molecule has 2 unspecified atom stereocenters. The number of rotatable bonds is 7. The van der Waals surface area contributed by atoms with Crippen LogP contribution in [0.3, 0.4) is 0 Å². The van der Waals surface area contributed by atoms with Gasteiger partial charge in [-0.1, -0.05) is 43.6 Å². The van der Waals surface area contributed by atoms with Crippen molar-refractivity contribution >= 4 is 15.9 Å². The third-order valence-corrected chi connectivity index (χ3v) is 4.09. The Morgan fingerprint density at radius 1 is 1.20 bits per heavy atom. The van der Waals surface area contributed by atoms with Crippen LogP contribution in [0.4, 0.5) is 0 Å². The van der Waals surface area contributed by atoms with E-state index in [1.165, 1.54) is 0 Å². The van der Waals surface area contributed by atoms with Gasteiger partial charge in [0.1, 0.15) is 18.5 Å². The van der Waals surface area contributed by atoms with Gasteiger partial charge >= 0.3 is 0 Å². The summed E-state index contributed by atoms with van der Waals surface area (Å²) in [5.41, 5.74) is 0.284. The Morgan fingerprint density at radius 2 is 1.80 bits per heavy atom. The summed E-state index contributed by atoms with van der Waals surface area (Å²) in [5, 5.41) is 13.2. The Balaban J connectivity index is 2.20. The molecule has 0 saturated carbocycles. The van der Waals surface area contributed by atoms with E-state index >= 15 is 0 Å². The van der Waals surface area contributed by atoms with Crippen LogP contribution in [0, 0.1) is 11.3 Å². The number of benzene rings is 1. The molecule has 114 valence electrons. The van der Waals surface area contributed by atoms with Crippen LogP contribution in [0.2, 0.25) is 0 Å². The van der Waals surface area contributed by atoms with Gasteiger partial charge in [-0.25, -0.2) is 0 Å². The van der Waals surface area contributed by atoms with E-state index in [0.29, 0.717) is 19.1 Å². The zero-order valence-corrected chi connectivity index (χ0v) is 14.4. The summed E-state index contributed by atoms with van der Waals surface area (Å²) >= 11 is 3.37. The standard InChI is InChI=1S/C16H26BrNO2/c1-12(16(2,3)4)9-18-10-14(19)11-20-15-7-5-13(17)6-8-15/h5-8,12,14,18-19H,9-11H2,1-4H3. The molecule has 0 amide bonds. The van der Waals surface area contributed by atoms with E-state index in [4.69, 9.17) is 4.74 Å². The number of nitrogens with one attached hydrogen (secondary N) is 1. The molecular weight excluding hydrogens is 318 g/mol. The normalized spacial score (nSPS) is 14.9. The van der Waals surface area contributed by atoms with Gasteiger partial charge in [0.25, 0.3) is 0 Å². The Labute approximate surface area is 130 Å². The van der Waals surface area contributed by atoms with E-state index in [-0.39, 0.29) is 5.41 Å². The Kier molecular flexibility index (Phi) is 7.00. The smallest absolute Gasteiger partial charge is 0.119 e. The SMILES string of the molecule is CC(CNCC(O)COc1ccc(Br)cc1)C(C)(C)C. The lowest BCUT2D eigenvalue weighted by Gasteiger charge is -2.27. The number of hydrogen-bond donors (Lipinski definition) is 2. The van der Waals surface area contributed by atoms with E-state index in [2.05, 4.69) is 48.9 Å². The molecule has 0 heterocycles. The molecule has 1 rings (SSSR count). The third kappa shape index (κ3) is 6.73. The van der Waals surface area contributed by atoms with Crippen LogP contribution < -0.4 is 10.1 Å². The summed E-state index contributed by atoms with van der Waals surface area (Å²) in [7, 11) is 0. The van der Waals surface area contributed by atoms with Gasteiger partial charge in [-0.05, 0) is 42.1 Å². The second-order valence-corrected chi connectivity index (χ2v) is 7.26. The van der Waals surface area contributed by atoms with E-state index < -0.39 is 6.10 Å². The van der Waals surface area contributed by atoms with Crippen molar-refractivity contribution in [3.8, 4) is 5.75 Å². The summed E-state index contributed by atoms with van der Waals surface area (Å²) in [4.78, 5) is 0. The first-order chi connectivity index (χ1) is 9.29. The molecule has 1 aromatic rings. The minimum absolute atomic E-state index is 0.284. The number of ether oxygens (including phenoxy) is 1. The first-order valence-corrected chi connectivity index (χ1v) is 7.85. The van der Waals surface area contributed by atoms with Crippen molar-refractivity contribution in [2.24, 2.45) is 11.3 Å². The van der Waals surface area contributed by atoms with Crippen LogP contribution in [-0.4, -0.2) is 30.9 Å². The summed E-state index contributed by atoms with van der Waals surface area (Å²) in [5.74, 6) is 1.33. The predicted octanol–water partition coefficient (Wildman–Crippen LogP) is 3.46. The van der Waals surface area contributed by atoms with Crippen LogP contribution in [-0.2, 0) is 0 Å². The average Bonchev–Trinajstić information content (AvgIpc) is 2.37. The maximum Gasteiger partial charge on any atom is 0.119 e. The van der Waals surface area contributed by atoms with Gasteiger partial charge in [0.2, 0.25) is 0 Å². The first kappa shape index (κ1) is 17.5. The molecule has 0 aromatic heterocycles. The van der Waals surface area contributed by atoms with Crippen LogP contribution in [0.25, 0.3) is 0 Å². The lowest BCUT2D eigenvalue weighted by atomic mass is 9.82. The lowest BCUT2D eigenvalue weighted by Crippen LogP contribution is -2.36. The number of hydrogen-bond acceptors (Lipinski definition) is 3. The minimum atomic E-state index is -0.495. The van der Waals surface area contributed by atoms with E-state index in [1.807, 2.05) is 24.3 Å². The molecular formula is C16H26BrNO2. The molecule has 20 heavy (non-hydrogen) atoms. The molecule has 2 atom stereocenters. The highest BCUT2D eigenvalue weighted by atomic mass is 79.9. The molecule has 0 aliphatic carbocycles. The first-order valence-electron chi connectivity index (χ1n) is 7.06. The van der Waals surface area contributed by atoms with Gasteiger partial charge < -0.3 is 15.2 Å². The average molecular weight is 344 g/mol. The molecule has 0 bridgehead atoms. The van der Waals surface area contributed by atoms with Crippen LogP contribution in [0.15, 0.2) is 28.7 Å². The molecule has 0 aliphatic heterocycles. The highest BCUT2D eigenvalue weighted by molar-refractivity contribution is 9.10. The summed E-state index contributed by atoms with van der Waals surface area (Å²) in [6.07, 6.45) is -0.495. The quantitative estimate of drug-likeness (QED) is 0.796. The van der Waals surface area contributed by atoms with Gasteiger partial charge in [-0.15, -0.1) is 0 Å². The lowest BCUT2D eigenvalue weighted by molar-refractivity contribution is 0.103. The maximum absolute atomic E-state index is 9.88. The van der Waals surface area contributed by atoms with Gasteiger partial charge in [-0.3, -0.25) is 0 Å². The highest BCUT2D eigenvalue weighted by Crippen LogP contribution is 2.24. The highest BCUT2D eigenvalue weighted by Gasteiger charge is 2.19. The monoisotopic (exact) mass is 343 g/mol. The molecule has 2 N–H and O–H groups in total. The minimum Gasteiger partial charge on any atom is -0.491 e. The van der Waals surface area contributed by atoms with Gasteiger partial charge in [0.05, 0.1) is 0 Å². The van der Waals surface area contributed by atoms with Crippen LogP contribution >= 0.6 is 15.9 Å². The van der Waals surface area contributed by atoms with Crippen LogP contribution in [0.1, 0.15) is 27.7 Å². The summed E-state index contributed by atoms with van der Waals surface area (Å²) in [6.45, 7) is 10.7. The van der Waals surface area contributed by atoms with Crippen molar-refractivity contribution < 1.29 is 9.84 Å². The number of halogens is 1. The fraction of sp³-hybridized carbons (Fsp3) is 0.625. The number of aliphatic hydroxyl groups excluding tert-OH is 1. The molecule has 0 aliphatic rings. The zero-order valence-electron chi connectivity index (χ0n) is 12.8. The zero-order chi connectivity index (χ0) is 15.2. The van der Waals surface area contributed by atoms with Crippen molar-refractivity contribution in [3.05, 3.63) is 28.7 Å². The fourth-order valence-corrected chi connectivity index (χ4v) is 1.82. The predicted molar refractivity (Wildman–Crippen MR) is 87.1 cm³/mol. The summed E-state index contributed by atoms with van der Waals surface area (Å²) in [6, 6.07) is 7.60. The van der Waals surface area contributed by atoms with Crippen molar-refractivity contribution in [2.45, 2.75) is 33.8 Å². The second-order valence-electron chi connectivity index (χ2n) is 6.34. The van der Waals surface area contributed by atoms with Gasteiger partial charge in [-0.2, -0.15) is 0 Å². The van der Waals surface area contributed by atoms with Crippen LogP contribution in [0.5, 0.6) is 5.75 Å². The largest absolute Gasteiger partial charge is 0.491 e. The second kappa shape index (κ2) is 8.01. The Bertz CT molecular complexity index is 386. The maximum atomic E-state index is 9.88. The fourth-order valence-electron chi connectivity index (χ4n) is 1.55. The Morgan fingerprint density at radius 3 is 2.35 bits per heavy atom. The van der Waals surface area contributed by atoms with Crippen molar-refractivity contribution in [1.82, 2.24) is 5.32 Å². The molecule has 0 fully saturated rings. The number of aliphatic hydroxyl groups is 1. The summed E-state index contributed by atoms with van der Waals surface area (Å²) < 4.78 is 6.55. The molecule has 0 radical (unpaired) electrons. The van der Waals surface area contributed by atoms with Gasteiger partial charge in [0, 0.05) is 11.0 Å². The topological polar surface area (TPSA) is 41.5 Å². The molecule has 0 spiro atoms. The van der Waals surface area contributed by atoms with E-state index in [9.17, 15) is 5.11 Å². The van der Waals surface area contributed by atoms with E-state index in [1.54, 1.807) is 0 Å². The van der Waals surface area contributed by atoms with E-state index in [0.717, 1.165) is 16.8 Å². The van der Waals surface area contributed by atoms with Crippen molar-refractivity contribution in [2.75, 3.05) is 19.7 Å².